The Morgan fingerprint density at radius 3 is 2.41 bits per heavy atom. The van der Waals surface area contributed by atoms with E-state index >= 15 is 0 Å². The van der Waals surface area contributed by atoms with Gasteiger partial charge in [0.25, 0.3) is 5.91 Å². The summed E-state index contributed by atoms with van der Waals surface area (Å²) in [4.78, 5) is 43.6. The van der Waals surface area contributed by atoms with Crippen molar-refractivity contribution >= 4 is 23.5 Å². The largest absolute Gasteiger partial charge is 0.371 e. The van der Waals surface area contributed by atoms with Gasteiger partial charge in [-0.2, -0.15) is 0 Å². The van der Waals surface area contributed by atoms with Crippen molar-refractivity contribution < 1.29 is 14.4 Å². The van der Waals surface area contributed by atoms with Gasteiger partial charge in [0, 0.05) is 32.4 Å². The molecule has 2 aromatic carbocycles. The third kappa shape index (κ3) is 4.07. The molecule has 2 fully saturated rings. The molecule has 0 bridgehead atoms. The molecule has 0 spiro atoms. The number of carbonyl (C=O) groups excluding carboxylic acids is 3. The van der Waals surface area contributed by atoms with Gasteiger partial charge in [-0.1, -0.05) is 48.0 Å². The summed E-state index contributed by atoms with van der Waals surface area (Å²) in [7, 11) is 1.71. The number of nitrogens with one attached hydrogen (secondary N) is 1. The Kier molecular flexibility index (Phi) is 5.91. The first-order valence-corrected chi connectivity index (χ1v) is 11.1. The molecule has 7 nitrogen and oxygen atoms in total. The minimum atomic E-state index is -1.17. The molecule has 0 saturated carbocycles. The van der Waals surface area contributed by atoms with Crippen LogP contribution in [0.5, 0.6) is 0 Å². The number of nitrogens with zero attached hydrogens (tertiary/aromatic N) is 3. The lowest BCUT2D eigenvalue weighted by molar-refractivity contribution is -0.138. The number of amides is 4. The molecule has 1 atom stereocenters. The minimum absolute atomic E-state index is 0.280. The molecule has 0 aliphatic carbocycles. The summed E-state index contributed by atoms with van der Waals surface area (Å²) in [5, 5.41) is 2.77. The van der Waals surface area contributed by atoms with E-state index in [2.05, 4.69) is 16.3 Å². The van der Waals surface area contributed by atoms with Crippen LogP contribution < -0.4 is 10.2 Å². The van der Waals surface area contributed by atoms with E-state index in [4.69, 9.17) is 0 Å². The second-order valence-electron chi connectivity index (χ2n) is 8.89. The average Bonchev–Trinajstić information content (AvgIpc) is 3.38. The van der Waals surface area contributed by atoms with E-state index in [9.17, 15) is 14.4 Å². The molecule has 0 unspecified atom stereocenters. The highest BCUT2D eigenvalue weighted by atomic mass is 16.2. The highest BCUT2D eigenvalue weighted by molar-refractivity contribution is 6.09. The number of urea groups is 1. The van der Waals surface area contributed by atoms with Crippen LogP contribution in [0.3, 0.4) is 0 Å². The van der Waals surface area contributed by atoms with Crippen molar-refractivity contribution in [1.82, 2.24) is 15.1 Å². The summed E-state index contributed by atoms with van der Waals surface area (Å²) in [6.07, 6.45) is 2.35. The number of carbonyl (C=O) groups is 3. The Morgan fingerprint density at radius 2 is 1.72 bits per heavy atom. The predicted molar refractivity (Wildman–Crippen MR) is 123 cm³/mol. The molecule has 4 amide bonds. The maximum Gasteiger partial charge on any atom is 0.325 e. The molecule has 2 aliphatic rings. The van der Waals surface area contributed by atoms with E-state index in [0.717, 1.165) is 34.8 Å². The number of hydrogen-bond acceptors (Lipinski definition) is 4. The zero-order valence-electron chi connectivity index (χ0n) is 18.9. The van der Waals surface area contributed by atoms with Crippen LogP contribution in [0.4, 0.5) is 10.5 Å². The van der Waals surface area contributed by atoms with E-state index in [1.807, 2.05) is 49.4 Å². The molecule has 0 aromatic heterocycles. The molecule has 7 heteroatoms. The lowest BCUT2D eigenvalue weighted by Gasteiger charge is -2.26. The highest BCUT2D eigenvalue weighted by Crippen LogP contribution is 2.29. The van der Waals surface area contributed by atoms with Gasteiger partial charge in [0.2, 0.25) is 5.91 Å². The topological polar surface area (TPSA) is 73.0 Å². The smallest absolute Gasteiger partial charge is 0.325 e. The van der Waals surface area contributed by atoms with Crippen molar-refractivity contribution in [3.05, 3.63) is 65.2 Å². The Bertz CT molecular complexity index is 1030. The van der Waals surface area contributed by atoms with E-state index in [-0.39, 0.29) is 12.5 Å². The van der Waals surface area contributed by atoms with Crippen LogP contribution in [0.2, 0.25) is 0 Å². The number of para-hydroxylation sites is 1. The fraction of sp³-hybridized carbons (Fsp3) is 0.400. The Morgan fingerprint density at radius 1 is 1.06 bits per heavy atom. The van der Waals surface area contributed by atoms with Gasteiger partial charge >= 0.3 is 6.03 Å². The van der Waals surface area contributed by atoms with Gasteiger partial charge in [-0.3, -0.25) is 14.5 Å². The van der Waals surface area contributed by atoms with Crippen molar-refractivity contribution in [2.24, 2.45) is 0 Å². The first kappa shape index (κ1) is 21.9. The molecule has 168 valence electrons. The van der Waals surface area contributed by atoms with Gasteiger partial charge < -0.3 is 15.1 Å². The zero-order valence-corrected chi connectivity index (χ0v) is 18.9. The molecule has 0 radical (unpaired) electrons. The predicted octanol–water partition coefficient (Wildman–Crippen LogP) is 3.02. The molecule has 2 saturated heterocycles. The second kappa shape index (κ2) is 8.65. The van der Waals surface area contributed by atoms with Crippen molar-refractivity contribution in [1.29, 1.82) is 0 Å². The Balaban J connectivity index is 1.45. The first-order valence-electron chi connectivity index (χ1n) is 11.1. The number of benzene rings is 2. The molecule has 2 heterocycles. The molecule has 1 N–H and O–H groups in total. The number of rotatable bonds is 6. The van der Waals surface area contributed by atoms with Crippen LogP contribution >= 0.6 is 0 Å². The Hall–Kier alpha value is -3.35. The summed E-state index contributed by atoms with van der Waals surface area (Å²) in [6.45, 7) is 5.82. The van der Waals surface area contributed by atoms with E-state index in [0.29, 0.717) is 12.1 Å². The number of hydrogen-bond donors (Lipinski definition) is 1. The summed E-state index contributed by atoms with van der Waals surface area (Å²) in [5.41, 5.74) is 2.80. The standard InChI is InChI=1S/C25H30N4O3/c1-18-10-12-20(13-11-18)25(2)23(31)29(24(32)26-25)17-22(30)27(3)16-19-8-4-5-9-21(19)28-14-6-7-15-28/h4-5,8-13H,6-7,14-17H2,1-3H3,(H,26,32)/t25-/m0/s1. The molecule has 32 heavy (non-hydrogen) atoms. The van der Waals surface area contributed by atoms with Crippen molar-refractivity contribution in [3.63, 3.8) is 0 Å². The number of likely N-dealkylation sites (N-methyl/N-ethyl adjacent to an activating group) is 1. The van der Waals surface area contributed by atoms with Crippen molar-refractivity contribution in [2.45, 2.75) is 38.8 Å². The van der Waals surface area contributed by atoms with Crippen LogP contribution in [0, 0.1) is 6.92 Å². The maximum absolute atomic E-state index is 13.1. The van der Waals surface area contributed by atoms with Gasteiger partial charge in [0.1, 0.15) is 12.1 Å². The third-order valence-corrected chi connectivity index (χ3v) is 6.47. The monoisotopic (exact) mass is 434 g/mol. The van der Waals surface area contributed by atoms with Crippen LogP contribution in [-0.4, -0.2) is 54.3 Å². The van der Waals surface area contributed by atoms with Gasteiger partial charge in [-0.15, -0.1) is 0 Å². The molecular formula is C25H30N4O3. The maximum atomic E-state index is 13.1. The fourth-order valence-electron chi connectivity index (χ4n) is 4.43. The highest BCUT2D eigenvalue weighted by Gasteiger charge is 2.49. The summed E-state index contributed by atoms with van der Waals surface area (Å²) >= 11 is 0. The Labute approximate surface area is 189 Å². The minimum Gasteiger partial charge on any atom is -0.371 e. The fourth-order valence-corrected chi connectivity index (χ4v) is 4.43. The van der Waals surface area contributed by atoms with Gasteiger partial charge in [-0.25, -0.2) is 4.79 Å². The summed E-state index contributed by atoms with van der Waals surface area (Å²) in [6, 6.07) is 15.0. The number of anilines is 1. The summed E-state index contributed by atoms with van der Waals surface area (Å²) < 4.78 is 0. The second-order valence-corrected chi connectivity index (χ2v) is 8.89. The van der Waals surface area contributed by atoms with Crippen molar-refractivity contribution in [3.8, 4) is 0 Å². The number of imide groups is 1. The quantitative estimate of drug-likeness (QED) is 0.710. The van der Waals surface area contributed by atoms with E-state index in [1.165, 1.54) is 12.8 Å². The van der Waals surface area contributed by atoms with Crippen LogP contribution in [0.1, 0.15) is 36.5 Å². The van der Waals surface area contributed by atoms with Crippen molar-refractivity contribution in [2.75, 3.05) is 31.6 Å². The SMILES string of the molecule is Cc1ccc([C@]2(C)NC(=O)N(CC(=O)N(C)Cc3ccccc3N3CCCC3)C2=O)cc1. The van der Waals surface area contributed by atoms with E-state index < -0.39 is 17.5 Å². The number of aryl methyl sites for hydroxylation is 1. The van der Waals surface area contributed by atoms with E-state index in [1.54, 1.807) is 18.9 Å². The average molecular weight is 435 g/mol. The zero-order chi connectivity index (χ0) is 22.9. The third-order valence-electron chi connectivity index (χ3n) is 6.47. The van der Waals surface area contributed by atoms with Crippen LogP contribution in [0.25, 0.3) is 0 Å². The summed E-state index contributed by atoms with van der Waals surface area (Å²) in [5.74, 6) is -0.691. The molecule has 2 aliphatic heterocycles. The molecule has 2 aromatic rings. The normalized spacial score (nSPS) is 20.6. The molecular weight excluding hydrogens is 404 g/mol. The lowest BCUT2D eigenvalue weighted by Crippen LogP contribution is -2.43. The lowest BCUT2D eigenvalue weighted by atomic mass is 9.91. The van der Waals surface area contributed by atoms with Gasteiger partial charge in [0.15, 0.2) is 0 Å². The first-order chi connectivity index (χ1) is 15.3. The van der Waals surface area contributed by atoms with Crippen LogP contribution in [-0.2, 0) is 21.7 Å². The van der Waals surface area contributed by atoms with Gasteiger partial charge in [-0.05, 0) is 43.9 Å². The van der Waals surface area contributed by atoms with Gasteiger partial charge in [0.05, 0.1) is 0 Å². The molecule has 4 rings (SSSR count). The van der Waals surface area contributed by atoms with Crippen LogP contribution in [0.15, 0.2) is 48.5 Å².